The molecule has 0 atom stereocenters. The molecular formula is C13H17Br2NO. The molecule has 1 amide bonds. The van der Waals surface area contributed by atoms with E-state index in [1.54, 1.807) is 0 Å². The van der Waals surface area contributed by atoms with Crippen molar-refractivity contribution in [2.75, 3.05) is 5.32 Å². The van der Waals surface area contributed by atoms with Crippen LogP contribution in [0.2, 0.25) is 0 Å². The zero-order valence-electron chi connectivity index (χ0n) is 9.93. The minimum Gasteiger partial charge on any atom is -0.325 e. The van der Waals surface area contributed by atoms with Gasteiger partial charge >= 0.3 is 0 Å². The number of carbonyl (C=O) groups is 1. The van der Waals surface area contributed by atoms with Crippen LogP contribution in [0.1, 0.15) is 39.0 Å². The van der Waals surface area contributed by atoms with E-state index in [0.29, 0.717) is 6.42 Å². The van der Waals surface area contributed by atoms with Crippen molar-refractivity contribution >= 4 is 43.5 Å². The Balaban J connectivity index is 2.40. The average Bonchev–Trinajstić information content (AvgIpc) is 2.28. The van der Waals surface area contributed by atoms with Crippen LogP contribution in [0, 0.1) is 0 Å². The molecule has 0 unspecified atom stereocenters. The number of carbonyl (C=O) groups excluding carboxylic acids is 1. The molecule has 1 aromatic carbocycles. The van der Waals surface area contributed by atoms with Gasteiger partial charge in [-0.2, -0.15) is 0 Å². The molecule has 2 nitrogen and oxygen atoms in total. The molecule has 0 bridgehead atoms. The normalized spacial score (nSPS) is 10.3. The summed E-state index contributed by atoms with van der Waals surface area (Å²) in [5, 5.41) is 2.91. The lowest BCUT2D eigenvalue weighted by Gasteiger charge is -2.07. The smallest absolute Gasteiger partial charge is 0.224 e. The number of hydrogen-bond donors (Lipinski definition) is 1. The molecule has 94 valence electrons. The van der Waals surface area contributed by atoms with Crippen molar-refractivity contribution in [3.05, 3.63) is 27.1 Å². The summed E-state index contributed by atoms with van der Waals surface area (Å²) in [5.41, 5.74) is 0.827. The van der Waals surface area contributed by atoms with Crippen molar-refractivity contribution in [1.29, 1.82) is 0 Å². The first-order valence-corrected chi connectivity index (χ1v) is 7.47. The van der Waals surface area contributed by atoms with Gasteiger partial charge in [-0.15, -0.1) is 0 Å². The van der Waals surface area contributed by atoms with Crippen molar-refractivity contribution in [3.8, 4) is 0 Å². The Morgan fingerprint density at radius 3 is 2.65 bits per heavy atom. The highest BCUT2D eigenvalue weighted by Crippen LogP contribution is 2.26. The zero-order chi connectivity index (χ0) is 12.7. The van der Waals surface area contributed by atoms with Gasteiger partial charge in [0.2, 0.25) is 5.91 Å². The third kappa shape index (κ3) is 5.68. The number of amides is 1. The van der Waals surface area contributed by atoms with Crippen molar-refractivity contribution in [1.82, 2.24) is 0 Å². The van der Waals surface area contributed by atoms with Gasteiger partial charge in [-0.05, 0) is 40.5 Å². The molecule has 4 heteroatoms. The van der Waals surface area contributed by atoms with Gasteiger partial charge in [0.05, 0.1) is 5.69 Å². The van der Waals surface area contributed by atoms with Crippen LogP contribution in [-0.4, -0.2) is 5.91 Å². The fourth-order valence-electron chi connectivity index (χ4n) is 1.52. The van der Waals surface area contributed by atoms with E-state index in [0.717, 1.165) is 27.5 Å². The molecule has 17 heavy (non-hydrogen) atoms. The summed E-state index contributed by atoms with van der Waals surface area (Å²) in [5.74, 6) is 0.0872. The van der Waals surface area contributed by atoms with Crippen LogP contribution in [0.4, 0.5) is 5.69 Å². The van der Waals surface area contributed by atoms with E-state index in [9.17, 15) is 4.79 Å². The van der Waals surface area contributed by atoms with Crippen LogP contribution >= 0.6 is 31.9 Å². The number of halogens is 2. The van der Waals surface area contributed by atoms with Crippen molar-refractivity contribution < 1.29 is 4.79 Å². The largest absolute Gasteiger partial charge is 0.325 e. The van der Waals surface area contributed by atoms with Crippen molar-refractivity contribution in [2.45, 2.75) is 39.0 Å². The van der Waals surface area contributed by atoms with E-state index in [1.807, 2.05) is 18.2 Å². The quantitative estimate of drug-likeness (QED) is 0.699. The summed E-state index contributed by atoms with van der Waals surface area (Å²) in [6.07, 6.45) is 5.09. The van der Waals surface area contributed by atoms with Crippen LogP contribution < -0.4 is 5.32 Å². The monoisotopic (exact) mass is 361 g/mol. The highest BCUT2D eigenvalue weighted by atomic mass is 79.9. The first-order chi connectivity index (χ1) is 8.13. The van der Waals surface area contributed by atoms with Gasteiger partial charge in [0.25, 0.3) is 0 Å². The van der Waals surface area contributed by atoms with E-state index < -0.39 is 0 Å². The summed E-state index contributed by atoms with van der Waals surface area (Å²) in [6.45, 7) is 2.17. The fraction of sp³-hybridized carbons (Fsp3) is 0.462. The van der Waals surface area contributed by atoms with E-state index in [4.69, 9.17) is 0 Å². The van der Waals surface area contributed by atoms with Crippen LogP contribution in [0.15, 0.2) is 27.1 Å². The van der Waals surface area contributed by atoms with Crippen LogP contribution in [0.3, 0.4) is 0 Å². The lowest BCUT2D eigenvalue weighted by atomic mass is 10.1. The molecule has 0 fully saturated rings. The molecule has 0 aliphatic carbocycles. The molecule has 0 heterocycles. The van der Waals surface area contributed by atoms with Gasteiger partial charge in [0, 0.05) is 15.4 Å². The minimum absolute atomic E-state index is 0.0872. The van der Waals surface area contributed by atoms with Crippen LogP contribution in [0.25, 0.3) is 0 Å². The number of rotatable bonds is 6. The zero-order valence-corrected chi connectivity index (χ0v) is 13.1. The molecule has 0 saturated heterocycles. The van der Waals surface area contributed by atoms with Crippen LogP contribution in [0.5, 0.6) is 0 Å². The Morgan fingerprint density at radius 1 is 1.24 bits per heavy atom. The summed E-state index contributed by atoms with van der Waals surface area (Å²) >= 11 is 6.80. The predicted molar refractivity (Wildman–Crippen MR) is 79.2 cm³/mol. The molecule has 1 N–H and O–H groups in total. The second kappa shape index (κ2) is 7.88. The van der Waals surface area contributed by atoms with Crippen molar-refractivity contribution in [3.63, 3.8) is 0 Å². The van der Waals surface area contributed by atoms with Gasteiger partial charge in [-0.1, -0.05) is 42.1 Å². The lowest BCUT2D eigenvalue weighted by Crippen LogP contribution is -2.11. The maximum atomic E-state index is 11.7. The maximum absolute atomic E-state index is 11.7. The van der Waals surface area contributed by atoms with E-state index >= 15 is 0 Å². The Hall–Kier alpha value is -0.350. The molecule has 0 saturated carbocycles. The summed E-state index contributed by atoms with van der Waals surface area (Å²) in [4.78, 5) is 11.7. The highest BCUT2D eigenvalue weighted by Gasteiger charge is 2.05. The summed E-state index contributed by atoms with van der Waals surface area (Å²) in [6, 6.07) is 5.72. The molecule has 1 rings (SSSR count). The second-order valence-corrected chi connectivity index (χ2v) is 5.75. The Labute approximate surface area is 119 Å². The fourth-order valence-corrected chi connectivity index (χ4v) is 2.66. The summed E-state index contributed by atoms with van der Waals surface area (Å²) < 4.78 is 1.89. The number of benzene rings is 1. The van der Waals surface area contributed by atoms with Crippen molar-refractivity contribution in [2.24, 2.45) is 0 Å². The molecule has 0 aliphatic rings. The Bertz CT molecular complexity index is 380. The Kier molecular flexibility index (Phi) is 6.82. The average molecular weight is 363 g/mol. The first kappa shape index (κ1) is 14.7. The van der Waals surface area contributed by atoms with E-state index in [-0.39, 0.29) is 5.91 Å². The number of nitrogens with one attached hydrogen (secondary N) is 1. The topological polar surface area (TPSA) is 29.1 Å². The van der Waals surface area contributed by atoms with Crippen LogP contribution in [-0.2, 0) is 4.79 Å². The number of unbranched alkanes of at least 4 members (excludes halogenated alkanes) is 3. The molecule has 0 radical (unpaired) electrons. The summed E-state index contributed by atoms with van der Waals surface area (Å²) in [7, 11) is 0. The standard InChI is InChI=1S/C13H17Br2NO/c1-2-3-4-5-6-13(17)16-12-8-7-10(14)9-11(12)15/h7-9H,2-6H2,1H3,(H,16,17). The molecule has 1 aromatic rings. The van der Waals surface area contributed by atoms with Gasteiger partial charge in [-0.3, -0.25) is 4.79 Å². The maximum Gasteiger partial charge on any atom is 0.224 e. The third-order valence-electron chi connectivity index (χ3n) is 2.46. The Morgan fingerprint density at radius 2 is 2.00 bits per heavy atom. The third-order valence-corrected chi connectivity index (χ3v) is 3.61. The number of anilines is 1. The first-order valence-electron chi connectivity index (χ1n) is 5.88. The predicted octanol–water partition coefficient (Wildman–Crippen LogP) is 5.12. The van der Waals surface area contributed by atoms with Gasteiger partial charge in [-0.25, -0.2) is 0 Å². The second-order valence-electron chi connectivity index (χ2n) is 3.98. The number of hydrogen-bond acceptors (Lipinski definition) is 1. The molecule has 0 aliphatic heterocycles. The van der Waals surface area contributed by atoms with E-state index in [2.05, 4.69) is 44.1 Å². The van der Waals surface area contributed by atoms with Gasteiger partial charge in [0.1, 0.15) is 0 Å². The SMILES string of the molecule is CCCCCCC(=O)Nc1ccc(Br)cc1Br. The van der Waals surface area contributed by atoms with Gasteiger partial charge < -0.3 is 5.32 Å². The lowest BCUT2D eigenvalue weighted by molar-refractivity contribution is -0.116. The van der Waals surface area contributed by atoms with E-state index in [1.165, 1.54) is 12.8 Å². The highest BCUT2D eigenvalue weighted by molar-refractivity contribution is 9.11. The molecule has 0 aromatic heterocycles. The van der Waals surface area contributed by atoms with Gasteiger partial charge in [0.15, 0.2) is 0 Å². The molecule has 0 spiro atoms. The molecular weight excluding hydrogens is 346 g/mol. The minimum atomic E-state index is 0.0872.